The van der Waals surface area contributed by atoms with E-state index in [1.54, 1.807) is 24.4 Å². The lowest BCUT2D eigenvalue weighted by molar-refractivity contribution is -0.124. The van der Waals surface area contributed by atoms with Crippen LogP contribution in [0.25, 0.3) is 0 Å². The van der Waals surface area contributed by atoms with E-state index in [4.69, 9.17) is 9.15 Å². The van der Waals surface area contributed by atoms with Gasteiger partial charge in [-0.1, -0.05) is 19.9 Å². The van der Waals surface area contributed by atoms with Crippen molar-refractivity contribution in [1.29, 1.82) is 0 Å². The van der Waals surface area contributed by atoms with Gasteiger partial charge in [-0.15, -0.1) is 0 Å². The van der Waals surface area contributed by atoms with Crippen molar-refractivity contribution >= 4 is 11.8 Å². The van der Waals surface area contributed by atoms with Gasteiger partial charge < -0.3 is 19.8 Å². The maximum atomic E-state index is 12.6. The number of rotatable bonds is 8. The quantitative estimate of drug-likeness (QED) is 0.755. The summed E-state index contributed by atoms with van der Waals surface area (Å²) in [6.45, 7) is 7.81. The highest BCUT2D eigenvalue weighted by Gasteiger charge is 2.25. The van der Waals surface area contributed by atoms with Gasteiger partial charge in [-0.3, -0.25) is 9.59 Å². The van der Waals surface area contributed by atoms with E-state index in [0.717, 1.165) is 5.56 Å². The Balaban J connectivity index is 2.01. The van der Waals surface area contributed by atoms with Gasteiger partial charge in [0.1, 0.15) is 6.04 Å². The highest BCUT2D eigenvalue weighted by Crippen LogP contribution is 2.16. The molecule has 0 aliphatic heterocycles. The first-order valence-corrected chi connectivity index (χ1v) is 8.61. The summed E-state index contributed by atoms with van der Waals surface area (Å²) >= 11 is 0. The van der Waals surface area contributed by atoms with Crippen LogP contribution in [0.15, 0.2) is 41.1 Å². The Labute approximate surface area is 153 Å². The van der Waals surface area contributed by atoms with Crippen molar-refractivity contribution < 1.29 is 18.7 Å². The minimum Gasteiger partial charge on any atom is -0.475 e. The van der Waals surface area contributed by atoms with Crippen LogP contribution in [-0.2, 0) is 11.3 Å². The van der Waals surface area contributed by atoms with Gasteiger partial charge >= 0.3 is 0 Å². The van der Waals surface area contributed by atoms with Crippen molar-refractivity contribution in [3.63, 3.8) is 0 Å². The monoisotopic (exact) mass is 359 g/mol. The standard InChI is InChI=1S/C19H25N3O4/c1-12(2)16(22-17(23)15-8-6-10-25-15)18(24)21-11-14-7-5-9-20-19(14)26-13(3)4/h5-10,12-13,16H,11H2,1-4H3,(H,21,24)(H,22,23). The predicted octanol–water partition coefficient (Wildman–Crippen LogP) is 2.53. The number of hydrogen-bond donors (Lipinski definition) is 2. The fourth-order valence-electron chi connectivity index (χ4n) is 2.34. The second-order valence-electron chi connectivity index (χ2n) is 6.52. The van der Waals surface area contributed by atoms with E-state index in [-0.39, 0.29) is 30.2 Å². The molecule has 2 aromatic heterocycles. The minimum absolute atomic E-state index is 0.0182. The molecule has 0 aliphatic rings. The van der Waals surface area contributed by atoms with Gasteiger partial charge in [-0.2, -0.15) is 0 Å². The van der Waals surface area contributed by atoms with E-state index in [0.29, 0.717) is 5.88 Å². The summed E-state index contributed by atoms with van der Waals surface area (Å²) in [6, 6.07) is 6.12. The van der Waals surface area contributed by atoms with Crippen molar-refractivity contribution in [3.05, 3.63) is 48.0 Å². The highest BCUT2D eigenvalue weighted by atomic mass is 16.5. The van der Waals surface area contributed by atoms with Crippen LogP contribution >= 0.6 is 0 Å². The highest BCUT2D eigenvalue weighted by molar-refractivity contribution is 5.95. The van der Waals surface area contributed by atoms with Gasteiger partial charge in [-0.05, 0) is 38.0 Å². The maximum absolute atomic E-state index is 12.6. The van der Waals surface area contributed by atoms with Gasteiger partial charge in [0.25, 0.3) is 5.91 Å². The Morgan fingerprint density at radius 1 is 1.19 bits per heavy atom. The van der Waals surface area contributed by atoms with Crippen LogP contribution in [0.4, 0.5) is 0 Å². The van der Waals surface area contributed by atoms with Crippen LogP contribution in [0.2, 0.25) is 0 Å². The molecule has 1 atom stereocenters. The molecule has 0 saturated heterocycles. The molecule has 26 heavy (non-hydrogen) atoms. The fraction of sp³-hybridized carbons (Fsp3) is 0.421. The maximum Gasteiger partial charge on any atom is 0.287 e. The molecule has 2 amide bonds. The predicted molar refractivity (Wildman–Crippen MR) is 96.6 cm³/mol. The van der Waals surface area contributed by atoms with E-state index in [9.17, 15) is 9.59 Å². The lowest BCUT2D eigenvalue weighted by Crippen LogP contribution is -2.49. The van der Waals surface area contributed by atoms with Crippen LogP contribution in [-0.4, -0.2) is 28.9 Å². The second-order valence-corrected chi connectivity index (χ2v) is 6.52. The topological polar surface area (TPSA) is 93.5 Å². The van der Waals surface area contributed by atoms with Crippen molar-refractivity contribution in [3.8, 4) is 5.88 Å². The van der Waals surface area contributed by atoms with Gasteiger partial charge in [0.2, 0.25) is 11.8 Å². The van der Waals surface area contributed by atoms with Crippen LogP contribution in [0.3, 0.4) is 0 Å². The average Bonchev–Trinajstić information content (AvgIpc) is 3.12. The summed E-state index contributed by atoms with van der Waals surface area (Å²) in [7, 11) is 0. The molecule has 0 aromatic carbocycles. The Kier molecular flexibility index (Phi) is 6.77. The molecule has 2 rings (SSSR count). The molecule has 0 bridgehead atoms. The van der Waals surface area contributed by atoms with Crippen molar-refractivity contribution in [1.82, 2.24) is 15.6 Å². The number of nitrogens with one attached hydrogen (secondary N) is 2. The first kappa shape index (κ1) is 19.5. The zero-order valence-electron chi connectivity index (χ0n) is 15.5. The molecule has 2 heterocycles. The number of amides is 2. The van der Waals surface area contributed by atoms with Gasteiger partial charge in [0, 0.05) is 18.3 Å². The van der Waals surface area contributed by atoms with E-state index in [2.05, 4.69) is 15.6 Å². The van der Waals surface area contributed by atoms with E-state index in [1.807, 2.05) is 33.8 Å². The molecular weight excluding hydrogens is 334 g/mol. The van der Waals surface area contributed by atoms with Crippen LogP contribution in [0.5, 0.6) is 5.88 Å². The zero-order chi connectivity index (χ0) is 19.1. The number of nitrogens with zero attached hydrogens (tertiary/aromatic N) is 1. The molecule has 2 aromatic rings. The third kappa shape index (κ3) is 5.34. The number of furan rings is 1. The number of pyridine rings is 1. The van der Waals surface area contributed by atoms with Gasteiger partial charge in [0.15, 0.2) is 5.76 Å². The lowest BCUT2D eigenvalue weighted by atomic mass is 10.0. The van der Waals surface area contributed by atoms with Crippen LogP contribution < -0.4 is 15.4 Å². The molecule has 0 spiro atoms. The van der Waals surface area contributed by atoms with Crippen molar-refractivity contribution in [2.24, 2.45) is 5.92 Å². The lowest BCUT2D eigenvalue weighted by Gasteiger charge is -2.21. The molecule has 2 N–H and O–H groups in total. The molecule has 1 unspecified atom stereocenters. The second kappa shape index (κ2) is 9.03. The Hall–Kier alpha value is -2.83. The first-order chi connectivity index (χ1) is 12.4. The van der Waals surface area contributed by atoms with Crippen LogP contribution in [0, 0.1) is 5.92 Å². The van der Waals surface area contributed by atoms with Crippen LogP contribution in [0.1, 0.15) is 43.8 Å². The third-order valence-electron chi connectivity index (χ3n) is 3.63. The first-order valence-electron chi connectivity index (χ1n) is 8.61. The zero-order valence-corrected chi connectivity index (χ0v) is 15.5. The Bertz CT molecular complexity index is 726. The largest absolute Gasteiger partial charge is 0.475 e. The van der Waals surface area contributed by atoms with E-state index in [1.165, 1.54) is 6.26 Å². The number of hydrogen-bond acceptors (Lipinski definition) is 5. The Morgan fingerprint density at radius 3 is 2.58 bits per heavy atom. The normalized spacial score (nSPS) is 12.1. The summed E-state index contributed by atoms with van der Waals surface area (Å²) in [5.41, 5.74) is 0.773. The summed E-state index contributed by atoms with van der Waals surface area (Å²) < 4.78 is 10.7. The molecule has 7 heteroatoms. The molecule has 0 fully saturated rings. The minimum atomic E-state index is -0.682. The molecule has 0 aliphatic carbocycles. The van der Waals surface area contributed by atoms with Gasteiger partial charge in [-0.25, -0.2) is 4.98 Å². The van der Waals surface area contributed by atoms with Crippen molar-refractivity contribution in [2.75, 3.05) is 0 Å². The number of ether oxygens (including phenoxy) is 1. The molecule has 0 radical (unpaired) electrons. The molecule has 7 nitrogen and oxygen atoms in total. The SMILES string of the molecule is CC(C)Oc1ncccc1CNC(=O)C(NC(=O)c1ccco1)C(C)C. The van der Waals surface area contributed by atoms with Crippen molar-refractivity contribution in [2.45, 2.75) is 46.4 Å². The van der Waals surface area contributed by atoms with E-state index < -0.39 is 11.9 Å². The van der Waals surface area contributed by atoms with E-state index >= 15 is 0 Å². The van der Waals surface area contributed by atoms with Gasteiger partial charge in [0.05, 0.1) is 12.4 Å². The summed E-state index contributed by atoms with van der Waals surface area (Å²) in [5, 5.41) is 5.55. The number of aromatic nitrogens is 1. The summed E-state index contributed by atoms with van der Waals surface area (Å²) in [6.07, 6.45) is 3.04. The summed E-state index contributed by atoms with van der Waals surface area (Å²) in [5.74, 6) is -0.130. The fourth-order valence-corrected chi connectivity index (χ4v) is 2.34. The average molecular weight is 359 g/mol. The number of carbonyl (C=O) groups is 2. The summed E-state index contributed by atoms with van der Waals surface area (Å²) in [4.78, 5) is 28.9. The Morgan fingerprint density at radius 2 is 1.96 bits per heavy atom. The smallest absolute Gasteiger partial charge is 0.287 e. The molecule has 140 valence electrons. The molecular formula is C19H25N3O4. The third-order valence-corrected chi connectivity index (χ3v) is 3.63. The molecule has 0 saturated carbocycles. The number of carbonyl (C=O) groups excluding carboxylic acids is 2.